The van der Waals surface area contributed by atoms with Crippen molar-refractivity contribution in [2.75, 3.05) is 19.5 Å². The number of hydrogen-bond donors (Lipinski definition) is 2. The molecule has 0 aromatic heterocycles. The summed E-state index contributed by atoms with van der Waals surface area (Å²) in [6.07, 6.45) is 0.307. The maximum Gasteiger partial charge on any atom is 0.306 e. The average Bonchev–Trinajstić information content (AvgIpc) is 2.22. The van der Waals surface area contributed by atoms with Crippen molar-refractivity contribution in [2.45, 2.75) is 25.8 Å². The molecule has 0 saturated carbocycles. The molecule has 2 N–H and O–H groups in total. The van der Waals surface area contributed by atoms with E-state index in [4.69, 9.17) is 5.11 Å². The minimum Gasteiger partial charge on any atom is -0.469 e. The molecular weight excluding hydrogens is 222 g/mol. The number of aliphatic hydroxyl groups is 1. The fraction of sp³-hybridized carbons (Fsp3) is 0.875. The quantitative estimate of drug-likeness (QED) is 0.570. The molecule has 0 bridgehead atoms. The van der Waals surface area contributed by atoms with Gasteiger partial charge in [-0.1, -0.05) is 6.92 Å². The zero-order valence-corrected chi connectivity index (χ0v) is 9.71. The Labute approximate surface area is 89.7 Å². The van der Waals surface area contributed by atoms with E-state index in [0.29, 0.717) is 6.42 Å². The third-order valence-electron chi connectivity index (χ3n) is 1.86. The van der Waals surface area contributed by atoms with Gasteiger partial charge in [0.1, 0.15) is 0 Å². The maximum absolute atomic E-state index is 11.3. The molecule has 0 radical (unpaired) electrons. The Morgan fingerprint density at radius 3 is 2.53 bits per heavy atom. The first-order chi connectivity index (χ1) is 6.95. The van der Waals surface area contributed by atoms with Crippen LogP contribution in [0.4, 0.5) is 0 Å². The molecule has 6 nitrogen and oxygen atoms in total. The molecular formula is C8H17NO5S. The zero-order valence-electron chi connectivity index (χ0n) is 8.89. The smallest absolute Gasteiger partial charge is 0.306 e. The number of carbonyl (C=O) groups excluding carboxylic acids is 1. The molecule has 0 fully saturated rings. The second-order valence-corrected chi connectivity index (χ2v) is 4.92. The van der Waals surface area contributed by atoms with E-state index in [0.717, 1.165) is 0 Å². The van der Waals surface area contributed by atoms with Crippen molar-refractivity contribution in [1.29, 1.82) is 0 Å². The van der Waals surface area contributed by atoms with E-state index in [-0.39, 0.29) is 18.8 Å². The van der Waals surface area contributed by atoms with Crippen molar-refractivity contribution >= 4 is 16.0 Å². The van der Waals surface area contributed by atoms with Gasteiger partial charge < -0.3 is 9.84 Å². The predicted octanol–water partition coefficient (Wildman–Crippen LogP) is -0.760. The number of rotatable bonds is 7. The molecule has 7 heteroatoms. The van der Waals surface area contributed by atoms with Gasteiger partial charge in [0.15, 0.2) is 0 Å². The Bertz CT molecular complexity index is 283. The summed E-state index contributed by atoms with van der Waals surface area (Å²) >= 11 is 0. The largest absolute Gasteiger partial charge is 0.469 e. The number of hydrogen-bond acceptors (Lipinski definition) is 5. The molecule has 0 aliphatic carbocycles. The van der Waals surface area contributed by atoms with E-state index in [1.807, 2.05) is 0 Å². The molecule has 0 rings (SSSR count). The highest BCUT2D eigenvalue weighted by Crippen LogP contribution is 1.97. The summed E-state index contributed by atoms with van der Waals surface area (Å²) < 4.78 is 29.3. The monoisotopic (exact) mass is 239 g/mol. The molecule has 0 aromatic carbocycles. The van der Waals surface area contributed by atoms with Crippen molar-refractivity contribution in [3.05, 3.63) is 0 Å². The SMILES string of the molecule is CC[C@H](CO)NS(=O)(=O)CCC(=O)OC. The van der Waals surface area contributed by atoms with Gasteiger partial charge in [0.25, 0.3) is 0 Å². The van der Waals surface area contributed by atoms with Gasteiger partial charge in [-0.15, -0.1) is 0 Å². The maximum atomic E-state index is 11.3. The van der Waals surface area contributed by atoms with Crippen LogP contribution in [-0.2, 0) is 19.6 Å². The molecule has 0 amide bonds. The van der Waals surface area contributed by atoms with E-state index in [2.05, 4.69) is 9.46 Å². The van der Waals surface area contributed by atoms with E-state index < -0.39 is 22.0 Å². The lowest BCUT2D eigenvalue weighted by Crippen LogP contribution is -2.38. The van der Waals surface area contributed by atoms with Crippen LogP contribution in [0.1, 0.15) is 19.8 Å². The summed E-state index contributed by atoms with van der Waals surface area (Å²) in [7, 11) is -2.32. The lowest BCUT2D eigenvalue weighted by Gasteiger charge is -2.13. The number of sulfonamides is 1. The van der Waals surface area contributed by atoms with E-state index in [9.17, 15) is 13.2 Å². The van der Waals surface area contributed by atoms with Gasteiger partial charge in [-0.3, -0.25) is 4.79 Å². The van der Waals surface area contributed by atoms with Crippen molar-refractivity contribution in [3.8, 4) is 0 Å². The molecule has 0 aromatic rings. The summed E-state index contributed by atoms with van der Waals surface area (Å²) in [4.78, 5) is 10.7. The van der Waals surface area contributed by atoms with Crippen LogP contribution in [0.5, 0.6) is 0 Å². The van der Waals surface area contributed by atoms with Crippen LogP contribution in [0.3, 0.4) is 0 Å². The normalized spacial score (nSPS) is 13.5. The van der Waals surface area contributed by atoms with Crippen LogP contribution in [0.15, 0.2) is 0 Å². The van der Waals surface area contributed by atoms with Crippen molar-refractivity contribution in [2.24, 2.45) is 0 Å². The van der Waals surface area contributed by atoms with Crippen LogP contribution in [0, 0.1) is 0 Å². The Balaban J connectivity index is 4.13. The van der Waals surface area contributed by atoms with Crippen molar-refractivity contribution in [3.63, 3.8) is 0 Å². The lowest BCUT2D eigenvalue weighted by molar-refractivity contribution is -0.140. The number of ether oxygens (including phenoxy) is 1. The number of aliphatic hydroxyl groups excluding tert-OH is 1. The first-order valence-corrected chi connectivity index (χ1v) is 6.28. The number of methoxy groups -OCH3 is 1. The Hall–Kier alpha value is -0.660. The summed E-state index contributed by atoms with van der Waals surface area (Å²) in [5.41, 5.74) is 0. The number of carbonyl (C=O) groups is 1. The zero-order chi connectivity index (χ0) is 11.9. The fourth-order valence-corrected chi connectivity index (χ4v) is 2.18. The molecule has 15 heavy (non-hydrogen) atoms. The summed E-state index contributed by atoms with van der Waals surface area (Å²) in [5.74, 6) is -0.895. The number of nitrogens with one attached hydrogen (secondary N) is 1. The second kappa shape index (κ2) is 6.76. The minimum absolute atomic E-state index is 0.187. The molecule has 0 saturated heterocycles. The molecule has 0 heterocycles. The Kier molecular flexibility index (Phi) is 6.46. The molecule has 1 atom stereocenters. The topological polar surface area (TPSA) is 92.7 Å². The van der Waals surface area contributed by atoms with Gasteiger partial charge in [-0.05, 0) is 6.42 Å². The first kappa shape index (κ1) is 14.3. The molecule has 90 valence electrons. The van der Waals surface area contributed by atoms with Gasteiger partial charge in [0.2, 0.25) is 10.0 Å². The summed E-state index contributed by atoms with van der Waals surface area (Å²) in [6, 6.07) is -0.493. The van der Waals surface area contributed by atoms with Crippen molar-refractivity contribution < 1.29 is 23.1 Å². The average molecular weight is 239 g/mol. The van der Waals surface area contributed by atoms with Gasteiger partial charge in [0.05, 0.1) is 25.9 Å². The highest BCUT2D eigenvalue weighted by Gasteiger charge is 2.17. The summed E-state index contributed by atoms with van der Waals surface area (Å²) in [5, 5.41) is 8.79. The standard InChI is InChI=1S/C8H17NO5S/c1-3-7(6-10)9-15(12,13)5-4-8(11)14-2/h7,9-10H,3-6H2,1-2H3/t7-/m1/s1. The highest BCUT2D eigenvalue weighted by molar-refractivity contribution is 7.89. The Morgan fingerprint density at radius 2 is 2.13 bits per heavy atom. The second-order valence-electron chi connectivity index (χ2n) is 3.05. The van der Waals surface area contributed by atoms with Gasteiger partial charge in [-0.25, -0.2) is 13.1 Å². The van der Waals surface area contributed by atoms with Crippen molar-refractivity contribution in [1.82, 2.24) is 4.72 Å². The van der Waals surface area contributed by atoms with Crippen LogP contribution < -0.4 is 4.72 Å². The van der Waals surface area contributed by atoms with Gasteiger partial charge in [-0.2, -0.15) is 0 Å². The molecule has 0 aliphatic heterocycles. The third-order valence-corrected chi connectivity index (χ3v) is 3.30. The van der Waals surface area contributed by atoms with E-state index in [1.165, 1.54) is 7.11 Å². The number of esters is 1. The molecule has 0 aliphatic rings. The fourth-order valence-electron chi connectivity index (χ4n) is 0.882. The Morgan fingerprint density at radius 1 is 1.53 bits per heavy atom. The van der Waals surface area contributed by atoms with Gasteiger partial charge >= 0.3 is 5.97 Å². The van der Waals surface area contributed by atoms with Crippen LogP contribution in [-0.4, -0.2) is 45.0 Å². The van der Waals surface area contributed by atoms with E-state index in [1.54, 1.807) is 6.92 Å². The molecule has 0 unspecified atom stereocenters. The van der Waals surface area contributed by atoms with Gasteiger partial charge in [0, 0.05) is 6.04 Å². The third kappa shape index (κ3) is 6.43. The summed E-state index contributed by atoms with van der Waals surface area (Å²) in [6.45, 7) is 1.50. The lowest BCUT2D eigenvalue weighted by atomic mass is 10.3. The van der Waals surface area contributed by atoms with Crippen LogP contribution in [0.2, 0.25) is 0 Å². The highest BCUT2D eigenvalue weighted by atomic mass is 32.2. The van der Waals surface area contributed by atoms with Crippen LogP contribution in [0.25, 0.3) is 0 Å². The van der Waals surface area contributed by atoms with E-state index >= 15 is 0 Å². The molecule has 0 spiro atoms. The predicted molar refractivity (Wildman–Crippen MR) is 54.7 cm³/mol. The first-order valence-electron chi connectivity index (χ1n) is 4.62. The van der Waals surface area contributed by atoms with Crippen LogP contribution >= 0.6 is 0 Å². The minimum atomic E-state index is -3.52.